The van der Waals surface area contributed by atoms with Gasteiger partial charge in [-0.15, -0.1) is 0 Å². The molecule has 1 amide bonds. The zero-order valence-electron chi connectivity index (χ0n) is 22.0. The summed E-state index contributed by atoms with van der Waals surface area (Å²) in [6, 6.07) is 22.9. The number of aryl methyl sites for hydroxylation is 2. The summed E-state index contributed by atoms with van der Waals surface area (Å²) in [6.45, 7) is 11.2. The number of amides is 1. The second-order valence-electron chi connectivity index (χ2n) is 11.1. The lowest BCUT2D eigenvalue weighted by molar-refractivity contribution is -0.119. The molecule has 2 bridgehead atoms. The van der Waals surface area contributed by atoms with E-state index < -0.39 is 0 Å². The van der Waals surface area contributed by atoms with Crippen LogP contribution in [0.3, 0.4) is 0 Å². The molecule has 5 rings (SSSR count). The third-order valence-electron chi connectivity index (χ3n) is 8.85. The molecular weight excluding hydrogens is 444 g/mol. The van der Waals surface area contributed by atoms with Gasteiger partial charge in [-0.2, -0.15) is 0 Å². The van der Waals surface area contributed by atoms with Crippen LogP contribution in [-0.4, -0.2) is 35.0 Å². The minimum absolute atomic E-state index is 0.0653. The van der Waals surface area contributed by atoms with Gasteiger partial charge in [0.1, 0.15) is 5.75 Å². The quantitative estimate of drug-likeness (QED) is 0.458. The molecule has 3 aromatic rings. The lowest BCUT2D eigenvalue weighted by atomic mass is 9.59. The van der Waals surface area contributed by atoms with Crippen molar-refractivity contribution in [2.45, 2.75) is 65.0 Å². The van der Waals surface area contributed by atoms with Crippen LogP contribution >= 0.6 is 0 Å². The predicted molar refractivity (Wildman–Crippen MR) is 146 cm³/mol. The molecule has 1 fully saturated rings. The van der Waals surface area contributed by atoms with Crippen LogP contribution in [0.5, 0.6) is 5.75 Å². The number of hydrogen-bond donors (Lipinski definition) is 1. The molecule has 2 aliphatic rings. The Morgan fingerprint density at radius 2 is 1.86 bits per heavy atom. The van der Waals surface area contributed by atoms with Crippen molar-refractivity contribution in [2.75, 3.05) is 18.0 Å². The molecule has 188 valence electrons. The average molecular weight is 483 g/mol. The number of carbonyl (C=O) groups is 1. The number of phenols is 1. The predicted octanol–water partition coefficient (Wildman–Crippen LogP) is 6.16. The van der Waals surface area contributed by atoms with E-state index in [0.29, 0.717) is 30.7 Å². The molecular formula is C32H38N2O2. The molecule has 36 heavy (non-hydrogen) atoms. The van der Waals surface area contributed by atoms with Crippen molar-refractivity contribution in [3.05, 3.63) is 94.5 Å². The summed E-state index contributed by atoms with van der Waals surface area (Å²) >= 11 is 0. The van der Waals surface area contributed by atoms with E-state index in [4.69, 9.17) is 0 Å². The Labute approximate surface area is 215 Å². The Kier molecular flexibility index (Phi) is 6.65. The van der Waals surface area contributed by atoms with Gasteiger partial charge in [0, 0.05) is 24.7 Å². The zero-order chi connectivity index (χ0) is 25.4. The fourth-order valence-electron chi connectivity index (χ4n) is 6.53. The van der Waals surface area contributed by atoms with Crippen LogP contribution in [0.25, 0.3) is 0 Å². The summed E-state index contributed by atoms with van der Waals surface area (Å²) in [5.41, 5.74) is 7.20. The third kappa shape index (κ3) is 4.55. The van der Waals surface area contributed by atoms with Crippen LogP contribution in [0.15, 0.2) is 66.7 Å². The first kappa shape index (κ1) is 24.6. The largest absolute Gasteiger partial charge is 0.508 e. The molecule has 1 N–H and O–H groups in total. The molecule has 1 heterocycles. The number of carbonyl (C=O) groups excluding carboxylic acids is 1. The van der Waals surface area contributed by atoms with E-state index in [9.17, 15) is 9.90 Å². The monoisotopic (exact) mass is 482 g/mol. The van der Waals surface area contributed by atoms with E-state index in [1.165, 1.54) is 16.7 Å². The number of fused-ring (bicyclic) bond motifs is 4. The van der Waals surface area contributed by atoms with Crippen molar-refractivity contribution in [1.82, 2.24) is 4.90 Å². The molecule has 1 saturated heterocycles. The number of nitrogens with zero attached hydrogens (tertiary/aromatic N) is 2. The highest BCUT2D eigenvalue weighted by Gasteiger charge is 2.48. The Hall–Kier alpha value is -3.11. The maximum atomic E-state index is 13.8. The molecule has 1 aliphatic carbocycles. The smallest absolute Gasteiger partial charge is 0.228 e. The molecule has 4 heteroatoms. The van der Waals surface area contributed by atoms with Gasteiger partial charge in [0.15, 0.2) is 0 Å². The second kappa shape index (κ2) is 9.74. The summed E-state index contributed by atoms with van der Waals surface area (Å²) in [5.74, 6) is 1.00. The first-order valence-electron chi connectivity index (χ1n) is 13.2. The van der Waals surface area contributed by atoms with Crippen molar-refractivity contribution in [3.63, 3.8) is 0 Å². The highest BCUT2D eigenvalue weighted by Crippen LogP contribution is 2.49. The van der Waals surface area contributed by atoms with Crippen molar-refractivity contribution in [1.29, 1.82) is 0 Å². The Morgan fingerprint density at radius 3 is 2.61 bits per heavy atom. The SMILES string of the molecule is Cc1ccc(N(Cc2ccccc2)C(=O)CCN2CC[C@@]3(C)c4cc(O)ccc4C[C@@H]2[C@@H]3C)c(C)c1. The number of likely N-dealkylation sites (tertiary alicyclic amines) is 1. The molecule has 0 saturated carbocycles. The Morgan fingerprint density at radius 1 is 1.08 bits per heavy atom. The minimum Gasteiger partial charge on any atom is -0.508 e. The zero-order valence-corrected chi connectivity index (χ0v) is 22.0. The van der Waals surface area contributed by atoms with Crippen LogP contribution in [0.4, 0.5) is 5.69 Å². The van der Waals surface area contributed by atoms with E-state index in [1.807, 2.05) is 35.2 Å². The van der Waals surface area contributed by atoms with Crippen molar-refractivity contribution < 1.29 is 9.90 Å². The summed E-state index contributed by atoms with van der Waals surface area (Å²) in [7, 11) is 0. The Balaban J connectivity index is 1.35. The van der Waals surface area contributed by atoms with Crippen molar-refractivity contribution in [2.24, 2.45) is 5.92 Å². The fraction of sp³-hybridized carbons (Fsp3) is 0.406. The van der Waals surface area contributed by atoms with Crippen LogP contribution in [0.1, 0.15) is 54.5 Å². The maximum absolute atomic E-state index is 13.8. The number of rotatable bonds is 6. The lowest BCUT2D eigenvalue weighted by Gasteiger charge is -2.54. The van der Waals surface area contributed by atoms with Gasteiger partial charge in [-0.05, 0) is 85.0 Å². The summed E-state index contributed by atoms with van der Waals surface area (Å²) in [4.78, 5) is 18.3. The number of benzene rings is 3. The standard InChI is InChI=1S/C32H38N2O2/c1-22-10-13-29(23(2)18-22)34(21-25-8-6-5-7-9-25)31(36)14-16-33-17-15-32(4)24(3)30(33)19-26-11-12-27(35)20-28(26)32/h5-13,18,20,24,30,35H,14-17,19,21H2,1-4H3/t24-,30+,32+/m0/s1. The molecule has 0 spiro atoms. The van der Waals surface area contributed by atoms with Crippen LogP contribution in [0, 0.1) is 19.8 Å². The molecule has 4 nitrogen and oxygen atoms in total. The number of aromatic hydroxyl groups is 1. The number of hydrogen-bond acceptors (Lipinski definition) is 3. The normalized spacial score (nSPS) is 23.2. The highest BCUT2D eigenvalue weighted by atomic mass is 16.3. The van der Waals surface area contributed by atoms with Crippen LogP contribution in [-0.2, 0) is 23.2 Å². The topological polar surface area (TPSA) is 43.8 Å². The van der Waals surface area contributed by atoms with E-state index in [2.05, 4.69) is 69.0 Å². The second-order valence-corrected chi connectivity index (χ2v) is 11.1. The molecule has 0 unspecified atom stereocenters. The first-order chi connectivity index (χ1) is 17.3. The van der Waals surface area contributed by atoms with Gasteiger partial charge in [-0.1, -0.05) is 67.9 Å². The van der Waals surface area contributed by atoms with Gasteiger partial charge in [0.2, 0.25) is 5.91 Å². The fourth-order valence-corrected chi connectivity index (χ4v) is 6.53. The third-order valence-corrected chi connectivity index (χ3v) is 8.85. The van der Waals surface area contributed by atoms with Crippen LogP contribution < -0.4 is 4.90 Å². The van der Waals surface area contributed by atoms with Gasteiger partial charge in [-0.3, -0.25) is 9.69 Å². The lowest BCUT2D eigenvalue weighted by Crippen LogP contribution is -2.58. The molecule has 0 aromatic heterocycles. The average Bonchev–Trinajstić information content (AvgIpc) is 2.86. The van der Waals surface area contributed by atoms with Gasteiger partial charge >= 0.3 is 0 Å². The van der Waals surface area contributed by atoms with E-state index >= 15 is 0 Å². The summed E-state index contributed by atoms with van der Waals surface area (Å²) < 4.78 is 0. The van der Waals surface area contributed by atoms with E-state index in [0.717, 1.165) is 42.7 Å². The minimum atomic E-state index is 0.0653. The van der Waals surface area contributed by atoms with Crippen molar-refractivity contribution in [3.8, 4) is 5.75 Å². The summed E-state index contributed by atoms with van der Waals surface area (Å²) in [6.07, 6.45) is 2.52. The number of anilines is 1. The van der Waals surface area contributed by atoms with E-state index in [-0.39, 0.29) is 11.3 Å². The van der Waals surface area contributed by atoms with Gasteiger partial charge < -0.3 is 10.0 Å². The molecule has 1 aliphatic heterocycles. The maximum Gasteiger partial charge on any atom is 0.228 e. The van der Waals surface area contributed by atoms with Gasteiger partial charge in [0.05, 0.1) is 6.54 Å². The molecule has 3 atom stereocenters. The first-order valence-corrected chi connectivity index (χ1v) is 13.2. The number of phenolic OH excluding ortho intramolecular Hbond substituents is 1. The Bertz CT molecular complexity index is 1250. The van der Waals surface area contributed by atoms with Gasteiger partial charge in [0.25, 0.3) is 0 Å². The summed E-state index contributed by atoms with van der Waals surface area (Å²) in [5, 5.41) is 10.1. The van der Waals surface area contributed by atoms with Crippen molar-refractivity contribution >= 4 is 11.6 Å². The number of piperidine rings is 1. The van der Waals surface area contributed by atoms with E-state index in [1.54, 1.807) is 0 Å². The van der Waals surface area contributed by atoms with Crippen LogP contribution in [0.2, 0.25) is 0 Å². The highest BCUT2D eigenvalue weighted by molar-refractivity contribution is 5.94. The molecule has 0 radical (unpaired) electrons. The van der Waals surface area contributed by atoms with Gasteiger partial charge in [-0.25, -0.2) is 0 Å². The molecule has 3 aromatic carbocycles.